The molecule has 2 aliphatic rings. The van der Waals surface area contributed by atoms with Gasteiger partial charge in [0.15, 0.2) is 0 Å². The third-order valence-corrected chi connectivity index (χ3v) is 9.52. The van der Waals surface area contributed by atoms with Crippen molar-refractivity contribution in [2.75, 3.05) is 47.1 Å². The van der Waals surface area contributed by atoms with Gasteiger partial charge in [0.2, 0.25) is 5.91 Å². The van der Waals surface area contributed by atoms with Crippen LogP contribution in [-0.2, 0) is 15.1 Å². The van der Waals surface area contributed by atoms with Crippen LogP contribution in [0.4, 0.5) is 0 Å². The molecule has 1 saturated carbocycles. The number of likely N-dealkylation sites (tertiary alicyclic amines) is 1. The summed E-state index contributed by atoms with van der Waals surface area (Å²) in [5.41, 5.74) is 7.25. The summed E-state index contributed by atoms with van der Waals surface area (Å²) in [4.78, 5) is 14.9. The lowest BCUT2D eigenvalue weighted by Gasteiger charge is -2.40. The quantitative estimate of drug-likeness (QED) is 0.195. The monoisotopic (exact) mass is 586 g/mol. The van der Waals surface area contributed by atoms with Crippen LogP contribution in [0.25, 0.3) is 0 Å². The van der Waals surface area contributed by atoms with E-state index in [2.05, 4.69) is 36.4 Å². The Hall–Kier alpha value is -3.39. The molecule has 43 heavy (non-hydrogen) atoms. The molecule has 1 heterocycles. The van der Waals surface area contributed by atoms with Crippen LogP contribution in [0.5, 0.6) is 11.5 Å². The summed E-state index contributed by atoms with van der Waals surface area (Å²) in [6.07, 6.45) is 5.13. The van der Waals surface area contributed by atoms with Crippen molar-refractivity contribution < 1.29 is 24.1 Å². The van der Waals surface area contributed by atoms with Gasteiger partial charge in [0.1, 0.15) is 17.1 Å². The van der Waals surface area contributed by atoms with Gasteiger partial charge in [-0.15, -0.1) is 0 Å². The van der Waals surface area contributed by atoms with E-state index in [1.807, 2.05) is 47.4 Å². The molecule has 0 spiro atoms. The number of nitrogens with zero attached hydrogens (tertiary/aromatic N) is 1. The van der Waals surface area contributed by atoms with Crippen LogP contribution in [-0.4, -0.2) is 63.0 Å². The van der Waals surface area contributed by atoms with E-state index in [0.717, 1.165) is 73.4 Å². The SMILES string of the molecule is COc1ccc(C(OCC2(CO)C[C@H]3CN(C(=O)CCCCCN)C[C@H]3C2)(c2ccccc2)c2ccc(OC)cc2)cc1. The maximum atomic E-state index is 12.9. The number of fused-ring (bicyclic) bond motifs is 1. The average molecular weight is 587 g/mol. The predicted octanol–water partition coefficient (Wildman–Crippen LogP) is 5.38. The van der Waals surface area contributed by atoms with Crippen molar-refractivity contribution in [3.63, 3.8) is 0 Å². The molecule has 1 aliphatic heterocycles. The highest BCUT2D eigenvalue weighted by Crippen LogP contribution is 2.51. The van der Waals surface area contributed by atoms with Crippen LogP contribution in [0.15, 0.2) is 78.9 Å². The first-order chi connectivity index (χ1) is 21.0. The first-order valence-corrected chi connectivity index (χ1v) is 15.5. The summed E-state index contributed by atoms with van der Waals surface area (Å²) in [5, 5.41) is 10.9. The summed E-state index contributed by atoms with van der Waals surface area (Å²) in [6.45, 7) is 2.64. The number of carbonyl (C=O) groups excluding carboxylic acids is 1. The third-order valence-electron chi connectivity index (χ3n) is 9.52. The van der Waals surface area contributed by atoms with Gasteiger partial charge in [-0.25, -0.2) is 0 Å². The molecule has 1 amide bonds. The molecule has 1 saturated heterocycles. The van der Waals surface area contributed by atoms with Crippen molar-refractivity contribution in [1.82, 2.24) is 4.90 Å². The molecule has 0 aromatic heterocycles. The molecular weight excluding hydrogens is 540 g/mol. The smallest absolute Gasteiger partial charge is 0.222 e. The lowest BCUT2D eigenvalue weighted by Crippen LogP contribution is -2.40. The van der Waals surface area contributed by atoms with Gasteiger partial charge in [0.25, 0.3) is 0 Å². The number of aliphatic hydroxyl groups excluding tert-OH is 1. The van der Waals surface area contributed by atoms with Gasteiger partial charge < -0.3 is 30.0 Å². The second-order valence-corrected chi connectivity index (χ2v) is 12.3. The summed E-state index contributed by atoms with van der Waals surface area (Å²) in [7, 11) is 3.33. The number of methoxy groups -OCH3 is 2. The zero-order chi connectivity index (χ0) is 30.3. The Labute approximate surface area is 255 Å². The van der Waals surface area contributed by atoms with Crippen molar-refractivity contribution in [1.29, 1.82) is 0 Å². The van der Waals surface area contributed by atoms with E-state index in [4.69, 9.17) is 19.9 Å². The van der Waals surface area contributed by atoms with Crippen molar-refractivity contribution in [2.24, 2.45) is 23.0 Å². The predicted molar refractivity (Wildman–Crippen MR) is 168 cm³/mol. The maximum Gasteiger partial charge on any atom is 0.222 e. The number of nitrogens with two attached hydrogens (primary N) is 1. The van der Waals surface area contributed by atoms with E-state index < -0.39 is 5.60 Å². The molecule has 2 fully saturated rings. The molecule has 1 aliphatic carbocycles. The first kappa shape index (κ1) is 31.0. The number of hydrogen-bond donors (Lipinski definition) is 2. The molecule has 3 N–H and O–H groups in total. The Morgan fingerprint density at radius 3 is 1.86 bits per heavy atom. The Morgan fingerprint density at radius 1 is 0.837 bits per heavy atom. The van der Waals surface area contributed by atoms with E-state index in [9.17, 15) is 9.90 Å². The minimum atomic E-state index is -0.925. The number of unbranched alkanes of at least 4 members (excludes halogenated alkanes) is 2. The number of benzene rings is 3. The third kappa shape index (κ3) is 6.59. The fourth-order valence-corrected chi connectivity index (χ4v) is 7.18. The Bertz CT molecular complexity index is 1250. The minimum Gasteiger partial charge on any atom is -0.497 e. The molecular formula is C36H46N2O5. The number of amides is 1. The van der Waals surface area contributed by atoms with Crippen LogP contribution >= 0.6 is 0 Å². The largest absolute Gasteiger partial charge is 0.497 e. The van der Waals surface area contributed by atoms with Crippen molar-refractivity contribution in [3.05, 3.63) is 95.6 Å². The van der Waals surface area contributed by atoms with Crippen molar-refractivity contribution in [2.45, 2.75) is 44.1 Å². The highest BCUT2D eigenvalue weighted by atomic mass is 16.5. The van der Waals surface area contributed by atoms with E-state index in [0.29, 0.717) is 31.4 Å². The van der Waals surface area contributed by atoms with E-state index in [-0.39, 0.29) is 17.9 Å². The molecule has 3 aromatic rings. The Morgan fingerprint density at radius 2 is 1.37 bits per heavy atom. The Kier molecular flexibility index (Phi) is 10.1. The molecule has 0 bridgehead atoms. The fourth-order valence-electron chi connectivity index (χ4n) is 7.18. The van der Waals surface area contributed by atoms with Gasteiger partial charge in [-0.3, -0.25) is 4.79 Å². The number of carbonyl (C=O) groups is 1. The second kappa shape index (κ2) is 13.9. The fraction of sp³-hybridized carbons (Fsp3) is 0.472. The standard InChI is InChI=1S/C36H46N2O5/c1-41-32-16-12-30(13-17-32)36(29-9-5-3-6-10-29,31-14-18-33(42-2)19-15-31)43-26-35(25-39)21-27-23-38(24-28(27)22-35)34(40)11-7-4-8-20-37/h3,5-6,9-10,12-19,27-28,39H,4,7-8,11,20-26,37H2,1-2H3/t27-,28+,35?. The van der Waals surface area contributed by atoms with Crippen molar-refractivity contribution in [3.8, 4) is 11.5 Å². The van der Waals surface area contributed by atoms with E-state index in [1.54, 1.807) is 14.2 Å². The lowest BCUT2D eigenvalue weighted by molar-refractivity contribution is -0.130. The molecule has 230 valence electrons. The highest BCUT2D eigenvalue weighted by Gasteiger charge is 2.51. The second-order valence-electron chi connectivity index (χ2n) is 12.3. The van der Waals surface area contributed by atoms with Crippen LogP contribution < -0.4 is 15.2 Å². The van der Waals surface area contributed by atoms with Gasteiger partial charge in [-0.1, -0.05) is 61.0 Å². The topological polar surface area (TPSA) is 94.2 Å². The maximum absolute atomic E-state index is 12.9. The molecule has 5 rings (SSSR count). The highest BCUT2D eigenvalue weighted by molar-refractivity contribution is 5.76. The van der Waals surface area contributed by atoms with Crippen LogP contribution in [0.2, 0.25) is 0 Å². The normalized spacial score (nSPS) is 21.5. The first-order valence-electron chi connectivity index (χ1n) is 15.5. The van der Waals surface area contributed by atoms with Gasteiger partial charge in [-0.05, 0) is 85.0 Å². The lowest BCUT2D eigenvalue weighted by atomic mass is 9.79. The van der Waals surface area contributed by atoms with Gasteiger partial charge in [-0.2, -0.15) is 0 Å². The van der Waals surface area contributed by atoms with Gasteiger partial charge >= 0.3 is 0 Å². The minimum absolute atomic E-state index is 0.0448. The van der Waals surface area contributed by atoms with E-state index >= 15 is 0 Å². The zero-order valence-electron chi connectivity index (χ0n) is 25.5. The molecule has 1 unspecified atom stereocenters. The molecule has 3 aromatic carbocycles. The number of ether oxygens (including phenoxy) is 3. The molecule has 7 nitrogen and oxygen atoms in total. The number of aliphatic hydroxyl groups is 1. The summed E-state index contributed by atoms with van der Waals surface area (Å²) in [5.74, 6) is 2.54. The zero-order valence-corrected chi connectivity index (χ0v) is 25.5. The van der Waals surface area contributed by atoms with Crippen molar-refractivity contribution >= 4 is 5.91 Å². The summed E-state index contributed by atoms with van der Waals surface area (Å²) in [6, 6.07) is 26.3. The number of rotatable bonds is 14. The average Bonchev–Trinajstić information content (AvgIpc) is 3.61. The van der Waals surface area contributed by atoms with Gasteiger partial charge in [0.05, 0.1) is 27.4 Å². The Balaban J connectivity index is 1.42. The van der Waals surface area contributed by atoms with E-state index in [1.165, 1.54) is 0 Å². The van der Waals surface area contributed by atoms with Crippen LogP contribution in [0.3, 0.4) is 0 Å². The molecule has 7 heteroatoms. The van der Waals surface area contributed by atoms with Gasteiger partial charge in [0, 0.05) is 24.9 Å². The summed E-state index contributed by atoms with van der Waals surface area (Å²) < 4.78 is 18.1. The number of hydrogen-bond acceptors (Lipinski definition) is 6. The molecule has 3 atom stereocenters. The van der Waals surface area contributed by atoms with Crippen LogP contribution in [0.1, 0.15) is 55.2 Å². The summed E-state index contributed by atoms with van der Waals surface area (Å²) >= 11 is 0. The molecule has 0 radical (unpaired) electrons. The van der Waals surface area contributed by atoms with Crippen LogP contribution in [0, 0.1) is 17.3 Å².